The summed E-state index contributed by atoms with van der Waals surface area (Å²) in [5.41, 5.74) is 9.57. The molecule has 0 aliphatic heterocycles. The molecule has 9 aromatic carbocycles. The summed E-state index contributed by atoms with van der Waals surface area (Å²) in [7, 11) is 0. The van der Waals surface area contributed by atoms with Gasteiger partial charge in [-0.15, -0.1) is 0 Å². The number of rotatable bonds is 5. The van der Waals surface area contributed by atoms with Gasteiger partial charge < -0.3 is 9.32 Å². The molecular formula is C51H32N2O. The highest BCUT2D eigenvalue weighted by Crippen LogP contribution is 2.42. The van der Waals surface area contributed by atoms with Crippen LogP contribution in [0.25, 0.3) is 87.3 Å². The Hall–Kier alpha value is -7.23. The van der Waals surface area contributed by atoms with E-state index in [9.17, 15) is 0 Å². The zero-order valence-corrected chi connectivity index (χ0v) is 29.3. The number of furan rings is 1. The molecule has 0 saturated heterocycles. The van der Waals surface area contributed by atoms with Crippen molar-refractivity contribution in [3.8, 4) is 22.3 Å². The topological polar surface area (TPSA) is 29.3 Å². The van der Waals surface area contributed by atoms with E-state index in [1.165, 1.54) is 65.3 Å². The Morgan fingerprint density at radius 3 is 1.37 bits per heavy atom. The zero-order valence-electron chi connectivity index (χ0n) is 29.3. The van der Waals surface area contributed by atoms with Crippen molar-refractivity contribution in [2.24, 2.45) is 0 Å². The Kier molecular flexibility index (Phi) is 6.86. The third-order valence-corrected chi connectivity index (χ3v) is 10.9. The molecule has 11 rings (SSSR count). The van der Waals surface area contributed by atoms with E-state index in [0.29, 0.717) is 0 Å². The standard InChI is InChI=1S/C51H32N2O/c1-3-11-40-35(9-1)29-48(44-15-7-5-13-42(40)44)33-17-21-37(22-18-33)53(39-25-26-46-47-27-28-52-32-51(47)54-50(46)31-39)38-23-19-34(20-24-38)49-30-36-10-2-4-12-41(36)43-14-6-8-16-45(43)49/h1-32H. The van der Waals surface area contributed by atoms with Gasteiger partial charge in [-0.3, -0.25) is 4.98 Å². The molecule has 0 aliphatic carbocycles. The van der Waals surface area contributed by atoms with Crippen LogP contribution in [0.1, 0.15) is 0 Å². The summed E-state index contributed by atoms with van der Waals surface area (Å²) in [6, 6.07) is 65.8. The summed E-state index contributed by atoms with van der Waals surface area (Å²) in [4.78, 5) is 6.61. The number of benzene rings is 9. The van der Waals surface area contributed by atoms with Crippen LogP contribution in [-0.4, -0.2) is 4.98 Å². The predicted octanol–water partition coefficient (Wildman–Crippen LogP) is 14.4. The van der Waals surface area contributed by atoms with Crippen LogP contribution < -0.4 is 4.90 Å². The lowest BCUT2D eigenvalue weighted by Gasteiger charge is -2.26. The van der Waals surface area contributed by atoms with E-state index in [0.717, 1.165) is 39.0 Å². The summed E-state index contributed by atoms with van der Waals surface area (Å²) in [6.45, 7) is 0. The summed E-state index contributed by atoms with van der Waals surface area (Å²) in [6.07, 6.45) is 3.61. The Labute approximate surface area is 312 Å². The van der Waals surface area contributed by atoms with Crippen molar-refractivity contribution in [3.63, 3.8) is 0 Å². The molecule has 0 radical (unpaired) electrons. The molecule has 54 heavy (non-hydrogen) atoms. The van der Waals surface area contributed by atoms with Gasteiger partial charge in [0.25, 0.3) is 0 Å². The van der Waals surface area contributed by atoms with Gasteiger partial charge in [-0.05, 0) is 120 Å². The van der Waals surface area contributed by atoms with E-state index in [1.54, 1.807) is 6.20 Å². The van der Waals surface area contributed by atoms with Crippen LogP contribution in [-0.2, 0) is 0 Å². The first-order valence-electron chi connectivity index (χ1n) is 18.4. The van der Waals surface area contributed by atoms with E-state index in [2.05, 4.69) is 186 Å². The van der Waals surface area contributed by atoms with Crippen molar-refractivity contribution >= 4 is 82.1 Å². The molecule has 0 unspecified atom stereocenters. The third kappa shape index (κ3) is 4.87. The van der Waals surface area contributed by atoms with Crippen molar-refractivity contribution < 1.29 is 4.42 Å². The number of nitrogens with zero attached hydrogens (tertiary/aromatic N) is 2. The number of fused-ring (bicyclic) bond motifs is 9. The number of hydrogen-bond acceptors (Lipinski definition) is 3. The van der Waals surface area contributed by atoms with E-state index < -0.39 is 0 Å². The smallest absolute Gasteiger partial charge is 0.153 e. The zero-order chi connectivity index (χ0) is 35.6. The number of pyridine rings is 1. The second-order valence-electron chi connectivity index (χ2n) is 14.0. The van der Waals surface area contributed by atoms with Crippen LogP contribution in [0, 0.1) is 0 Å². The first-order chi connectivity index (χ1) is 26.8. The van der Waals surface area contributed by atoms with Gasteiger partial charge in [-0.2, -0.15) is 0 Å². The first-order valence-corrected chi connectivity index (χ1v) is 18.4. The fourth-order valence-electron chi connectivity index (χ4n) is 8.37. The molecule has 0 fully saturated rings. The molecule has 2 heterocycles. The Balaban J connectivity index is 1.05. The number of anilines is 3. The lowest BCUT2D eigenvalue weighted by atomic mass is 9.93. The minimum atomic E-state index is 0.787. The lowest BCUT2D eigenvalue weighted by molar-refractivity contribution is 0.667. The van der Waals surface area contributed by atoms with Crippen molar-refractivity contribution in [2.45, 2.75) is 0 Å². The minimum Gasteiger partial charge on any atom is -0.454 e. The van der Waals surface area contributed by atoms with E-state index >= 15 is 0 Å². The Bertz CT molecular complexity index is 3050. The third-order valence-electron chi connectivity index (χ3n) is 10.9. The maximum Gasteiger partial charge on any atom is 0.153 e. The van der Waals surface area contributed by atoms with Gasteiger partial charge in [0.15, 0.2) is 5.58 Å². The van der Waals surface area contributed by atoms with Gasteiger partial charge in [0, 0.05) is 40.1 Å². The molecule has 0 saturated carbocycles. The molecule has 0 spiro atoms. The highest BCUT2D eigenvalue weighted by Gasteiger charge is 2.17. The van der Waals surface area contributed by atoms with Crippen molar-refractivity contribution in [1.82, 2.24) is 4.98 Å². The first kappa shape index (κ1) is 30.4. The largest absolute Gasteiger partial charge is 0.454 e. The molecule has 11 aromatic rings. The number of hydrogen-bond donors (Lipinski definition) is 0. The molecule has 0 atom stereocenters. The van der Waals surface area contributed by atoms with Gasteiger partial charge in [-0.25, -0.2) is 0 Å². The second kappa shape index (κ2) is 12.2. The highest BCUT2D eigenvalue weighted by atomic mass is 16.3. The summed E-state index contributed by atoms with van der Waals surface area (Å²) >= 11 is 0. The van der Waals surface area contributed by atoms with Crippen LogP contribution in [0.5, 0.6) is 0 Å². The SMILES string of the molecule is c1ccc2c(c1)cc(-c1ccc(N(c3ccc(-c4cc5ccccc5c5ccccc45)cc3)c3ccc4c(c3)oc3cnccc34)cc1)c1ccccc12. The van der Waals surface area contributed by atoms with Gasteiger partial charge in [0.2, 0.25) is 0 Å². The van der Waals surface area contributed by atoms with Gasteiger partial charge in [0.1, 0.15) is 5.58 Å². The van der Waals surface area contributed by atoms with Crippen molar-refractivity contribution in [3.05, 3.63) is 194 Å². The van der Waals surface area contributed by atoms with Gasteiger partial charge in [0.05, 0.1) is 6.20 Å². The predicted molar refractivity (Wildman–Crippen MR) is 227 cm³/mol. The molecule has 0 aliphatic rings. The maximum atomic E-state index is 6.33. The van der Waals surface area contributed by atoms with Gasteiger partial charge in [-0.1, -0.05) is 121 Å². The monoisotopic (exact) mass is 688 g/mol. The van der Waals surface area contributed by atoms with E-state index in [-0.39, 0.29) is 0 Å². The lowest BCUT2D eigenvalue weighted by Crippen LogP contribution is -2.09. The summed E-state index contributed by atoms with van der Waals surface area (Å²) < 4.78 is 6.33. The second-order valence-corrected chi connectivity index (χ2v) is 14.0. The fraction of sp³-hybridized carbons (Fsp3) is 0. The van der Waals surface area contributed by atoms with Crippen LogP contribution >= 0.6 is 0 Å². The van der Waals surface area contributed by atoms with Crippen molar-refractivity contribution in [2.75, 3.05) is 4.90 Å². The average molecular weight is 689 g/mol. The van der Waals surface area contributed by atoms with Crippen LogP contribution in [0.15, 0.2) is 199 Å². The normalized spacial score (nSPS) is 11.7. The van der Waals surface area contributed by atoms with Crippen molar-refractivity contribution in [1.29, 1.82) is 0 Å². The molecule has 0 amide bonds. The highest BCUT2D eigenvalue weighted by molar-refractivity contribution is 6.15. The molecule has 3 heteroatoms. The average Bonchev–Trinajstić information content (AvgIpc) is 3.62. The molecule has 0 N–H and O–H groups in total. The quantitative estimate of drug-likeness (QED) is 0.169. The molecule has 0 bridgehead atoms. The van der Waals surface area contributed by atoms with Crippen LogP contribution in [0.2, 0.25) is 0 Å². The van der Waals surface area contributed by atoms with Gasteiger partial charge >= 0.3 is 0 Å². The molecule has 3 nitrogen and oxygen atoms in total. The van der Waals surface area contributed by atoms with Crippen LogP contribution in [0.3, 0.4) is 0 Å². The van der Waals surface area contributed by atoms with E-state index in [1.807, 2.05) is 12.3 Å². The Morgan fingerprint density at radius 2 is 0.815 bits per heavy atom. The Morgan fingerprint density at radius 1 is 0.352 bits per heavy atom. The molecular weight excluding hydrogens is 657 g/mol. The fourth-order valence-corrected chi connectivity index (χ4v) is 8.37. The molecule has 252 valence electrons. The maximum absolute atomic E-state index is 6.33. The summed E-state index contributed by atoms with van der Waals surface area (Å²) in [5.74, 6) is 0. The minimum absolute atomic E-state index is 0.787. The summed E-state index contributed by atoms with van der Waals surface area (Å²) in [5, 5.41) is 12.2. The van der Waals surface area contributed by atoms with E-state index in [4.69, 9.17) is 4.42 Å². The number of aromatic nitrogens is 1. The molecule has 2 aromatic heterocycles. The van der Waals surface area contributed by atoms with Crippen LogP contribution in [0.4, 0.5) is 17.1 Å².